The predicted molar refractivity (Wildman–Crippen MR) is 123 cm³/mol. The van der Waals surface area contributed by atoms with Crippen LogP contribution in [0.25, 0.3) is 0 Å². The Labute approximate surface area is 185 Å². The lowest BCUT2D eigenvalue weighted by atomic mass is 9.94. The monoisotopic (exact) mass is 425 g/mol. The van der Waals surface area contributed by atoms with E-state index in [1.807, 2.05) is 36.1 Å². The van der Waals surface area contributed by atoms with Crippen molar-refractivity contribution in [3.05, 3.63) is 53.2 Å². The van der Waals surface area contributed by atoms with Gasteiger partial charge in [-0.2, -0.15) is 0 Å². The number of nitrogens with zero attached hydrogens (tertiary/aromatic N) is 3. The van der Waals surface area contributed by atoms with Gasteiger partial charge in [0, 0.05) is 30.6 Å². The molecule has 168 valence electrons. The van der Waals surface area contributed by atoms with Gasteiger partial charge in [-0.15, -0.1) is 0 Å². The standard InChI is InChI=1S/C24H35N5O2/c1-5-25-23(28-17-21-26-16-20(31-21)24(2,3)4)27-15-18-9-11-19(12-10-18)22(30)29-13-7-6-8-14-29/h9-12,16H,5-8,13-15,17H2,1-4H3,(H2,25,27,28). The molecule has 0 atom stereocenters. The smallest absolute Gasteiger partial charge is 0.253 e. The number of aromatic nitrogens is 1. The Morgan fingerprint density at radius 2 is 1.84 bits per heavy atom. The molecule has 0 bridgehead atoms. The van der Waals surface area contributed by atoms with Crippen molar-refractivity contribution < 1.29 is 9.21 Å². The van der Waals surface area contributed by atoms with Gasteiger partial charge in [-0.1, -0.05) is 32.9 Å². The Balaban J connectivity index is 1.57. The molecule has 7 heteroatoms. The molecule has 0 spiro atoms. The molecule has 2 aromatic rings. The summed E-state index contributed by atoms with van der Waals surface area (Å²) in [7, 11) is 0. The van der Waals surface area contributed by atoms with Gasteiger partial charge < -0.3 is 20.0 Å². The van der Waals surface area contributed by atoms with E-state index in [1.54, 1.807) is 6.20 Å². The predicted octanol–water partition coefficient (Wildman–Crippen LogP) is 3.85. The van der Waals surface area contributed by atoms with Crippen LogP contribution in [0.2, 0.25) is 0 Å². The van der Waals surface area contributed by atoms with Crippen molar-refractivity contribution in [3.8, 4) is 0 Å². The molecule has 7 nitrogen and oxygen atoms in total. The lowest BCUT2D eigenvalue weighted by Crippen LogP contribution is -2.36. The van der Waals surface area contributed by atoms with Crippen LogP contribution < -0.4 is 10.6 Å². The number of piperidine rings is 1. The number of oxazole rings is 1. The van der Waals surface area contributed by atoms with E-state index in [-0.39, 0.29) is 11.3 Å². The Morgan fingerprint density at radius 1 is 1.13 bits per heavy atom. The number of guanidine groups is 1. The summed E-state index contributed by atoms with van der Waals surface area (Å²) in [6, 6.07) is 7.77. The molecule has 0 radical (unpaired) electrons. The number of amides is 1. The molecule has 31 heavy (non-hydrogen) atoms. The van der Waals surface area contributed by atoms with Gasteiger partial charge in [-0.25, -0.2) is 9.98 Å². The number of likely N-dealkylation sites (tertiary alicyclic amines) is 1. The summed E-state index contributed by atoms with van der Waals surface area (Å²) >= 11 is 0. The Hall–Kier alpha value is -2.83. The third-order valence-electron chi connectivity index (χ3n) is 5.31. The van der Waals surface area contributed by atoms with Gasteiger partial charge in [0.25, 0.3) is 5.91 Å². The summed E-state index contributed by atoms with van der Waals surface area (Å²) in [6.07, 6.45) is 5.21. The fraction of sp³-hybridized carbons (Fsp3) is 0.542. The van der Waals surface area contributed by atoms with Gasteiger partial charge in [0.1, 0.15) is 5.76 Å². The van der Waals surface area contributed by atoms with E-state index < -0.39 is 0 Å². The third kappa shape index (κ3) is 6.57. The minimum Gasteiger partial charge on any atom is -0.443 e. The first-order valence-corrected chi connectivity index (χ1v) is 11.2. The number of hydrogen-bond acceptors (Lipinski definition) is 4. The minimum atomic E-state index is -0.0641. The fourth-order valence-corrected chi connectivity index (χ4v) is 3.44. The molecule has 3 rings (SSSR count). The molecule has 0 saturated carbocycles. The van der Waals surface area contributed by atoms with Gasteiger partial charge in [-0.05, 0) is 43.9 Å². The average Bonchev–Trinajstić information content (AvgIpc) is 3.26. The maximum Gasteiger partial charge on any atom is 0.253 e. The van der Waals surface area contributed by atoms with Crippen LogP contribution in [0.3, 0.4) is 0 Å². The van der Waals surface area contributed by atoms with Crippen LogP contribution in [0.1, 0.15) is 74.5 Å². The summed E-state index contributed by atoms with van der Waals surface area (Å²) in [4.78, 5) is 23.6. The summed E-state index contributed by atoms with van der Waals surface area (Å²) in [5.41, 5.74) is 1.74. The fourth-order valence-electron chi connectivity index (χ4n) is 3.44. The van der Waals surface area contributed by atoms with Gasteiger partial charge in [0.15, 0.2) is 5.96 Å². The lowest BCUT2D eigenvalue weighted by molar-refractivity contribution is 0.0724. The molecule has 1 fully saturated rings. The highest BCUT2D eigenvalue weighted by molar-refractivity contribution is 5.94. The number of nitrogens with one attached hydrogen (secondary N) is 2. The van der Waals surface area contributed by atoms with Crippen LogP contribution in [0.5, 0.6) is 0 Å². The molecular formula is C24H35N5O2. The van der Waals surface area contributed by atoms with Crippen molar-refractivity contribution in [1.82, 2.24) is 20.5 Å². The van der Waals surface area contributed by atoms with E-state index in [0.717, 1.165) is 49.4 Å². The number of carbonyl (C=O) groups is 1. The van der Waals surface area contributed by atoms with Crippen LogP contribution in [0.15, 0.2) is 39.9 Å². The van der Waals surface area contributed by atoms with E-state index in [2.05, 4.69) is 41.4 Å². The Kier molecular flexibility index (Phi) is 7.71. The molecular weight excluding hydrogens is 390 g/mol. The normalized spacial score (nSPS) is 15.1. The molecule has 1 amide bonds. The van der Waals surface area contributed by atoms with E-state index in [4.69, 9.17) is 4.42 Å². The van der Waals surface area contributed by atoms with E-state index >= 15 is 0 Å². The molecule has 1 aliphatic heterocycles. The van der Waals surface area contributed by atoms with Crippen molar-refractivity contribution in [3.63, 3.8) is 0 Å². The first kappa shape index (κ1) is 22.8. The number of hydrogen-bond donors (Lipinski definition) is 2. The number of rotatable bonds is 6. The van der Waals surface area contributed by atoms with Crippen molar-refractivity contribution in [2.45, 2.75) is 65.5 Å². The summed E-state index contributed by atoms with van der Waals surface area (Å²) in [5, 5.41) is 6.51. The highest BCUT2D eigenvalue weighted by Crippen LogP contribution is 2.22. The van der Waals surface area contributed by atoms with Crippen LogP contribution >= 0.6 is 0 Å². The molecule has 1 aromatic carbocycles. The van der Waals surface area contributed by atoms with Gasteiger partial charge in [0.05, 0.1) is 19.3 Å². The van der Waals surface area contributed by atoms with E-state index in [0.29, 0.717) is 24.9 Å². The first-order valence-electron chi connectivity index (χ1n) is 11.2. The molecule has 1 saturated heterocycles. The van der Waals surface area contributed by atoms with Crippen LogP contribution in [-0.4, -0.2) is 41.4 Å². The number of benzene rings is 1. The average molecular weight is 426 g/mol. The van der Waals surface area contributed by atoms with Crippen molar-refractivity contribution in [2.24, 2.45) is 4.99 Å². The van der Waals surface area contributed by atoms with Crippen molar-refractivity contribution in [1.29, 1.82) is 0 Å². The minimum absolute atomic E-state index is 0.0641. The summed E-state index contributed by atoms with van der Waals surface area (Å²) < 4.78 is 5.83. The summed E-state index contributed by atoms with van der Waals surface area (Å²) in [6.45, 7) is 11.8. The maximum absolute atomic E-state index is 12.6. The van der Waals surface area contributed by atoms with Crippen LogP contribution in [-0.2, 0) is 18.5 Å². The zero-order valence-corrected chi connectivity index (χ0v) is 19.2. The molecule has 1 aliphatic rings. The second-order valence-electron chi connectivity index (χ2n) is 8.97. The highest BCUT2D eigenvalue weighted by atomic mass is 16.4. The maximum atomic E-state index is 12.6. The van der Waals surface area contributed by atoms with E-state index in [9.17, 15) is 4.79 Å². The SMILES string of the molecule is CCNC(=NCc1ccc(C(=O)N2CCCCC2)cc1)NCc1ncc(C(C)(C)C)o1. The Morgan fingerprint density at radius 3 is 2.45 bits per heavy atom. The Bertz CT molecular complexity index is 874. The molecule has 2 N–H and O–H groups in total. The van der Waals surface area contributed by atoms with Gasteiger partial charge in [-0.3, -0.25) is 4.79 Å². The first-order chi connectivity index (χ1) is 14.9. The summed E-state index contributed by atoms with van der Waals surface area (Å²) in [5.74, 6) is 2.33. The molecule has 0 unspecified atom stereocenters. The topological polar surface area (TPSA) is 82.8 Å². The van der Waals surface area contributed by atoms with Crippen molar-refractivity contribution >= 4 is 11.9 Å². The zero-order chi connectivity index (χ0) is 22.3. The second kappa shape index (κ2) is 10.5. The third-order valence-corrected chi connectivity index (χ3v) is 5.31. The van der Waals surface area contributed by atoms with Crippen LogP contribution in [0, 0.1) is 0 Å². The molecule has 2 heterocycles. The quantitative estimate of drug-likeness (QED) is 0.543. The lowest BCUT2D eigenvalue weighted by Gasteiger charge is -2.26. The van der Waals surface area contributed by atoms with Gasteiger partial charge >= 0.3 is 0 Å². The largest absolute Gasteiger partial charge is 0.443 e. The number of aliphatic imine (C=N–C) groups is 1. The molecule has 0 aliphatic carbocycles. The number of carbonyl (C=O) groups excluding carboxylic acids is 1. The van der Waals surface area contributed by atoms with Crippen LogP contribution in [0.4, 0.5) is 0 Å². The van der Waals surface area contributed by atoms with Gasteiger partial charge in [0.2, 0.25) is 5.89 Å². The van der Waals surface area contributed by atoms with Crippen molar-refractivity contribution in [2.75, 3.05) is 19.6 Å². The molecule has 1 aromatic heterocycles. The van der Waals surface area contributed by atoms with E-state index in [1.165, 1.54) is 6.42 Å². The highest BCUT2D eigenvalue weighted by Gasteiger charge is 2.19. The second-order valence-corrected chi connectivity index (χ2v) is 8.97. The zero-order valence-electron chi connectivity index (χ0n) is 19.2.